The Bertz CT molecular complexity index is 45.5. The molecule has 0 radical (unpaired) electrons. The third kappa shape index (κ3) is 2.74. The molecule has 0 aliphatic carbocycles. The molecule has 0 heterocycles. The highest BCUT2D eigenvalue weighted by atomic mass is 32.4. The van der Waals surface area contributed by atoms with Crippen molar-refractivity contribution in [2.24, 2.45) is 0 Å². The van der Waals surface area contributed by atoms with E-state index in [4.69, 9.17) is 11.8 Å². The van der Waals surface area contributed by atoms with E-state index >= 15 is 0 Å². The van der Waals surface area contributed by atoms with Crippen LogP contribution in [-0.4, -0.2) is 12.3 Å². The lowest BCUT2D eigenvalue weighted by atomic mass is 11.0. The summed E-state index contributed by atoms with van der Waals surface area (Å²) < 4.78 is 0. The standard InChI is InChI=1S/C4H10PS/c1-3-5(6)4-2/h3-4H2,1-2H3/q+1. The molecule has 0 aliphatic rings. The fourth-order valence-electron chi connectivity index (χ4n) is 0.224. The van der Waals surface area contributed by atoms with Crippen LogP contribution in [0.15, 0.2) is 0 Å². The van der Waals surface area contributed by atoms with E-state index in [1.54, 1.807) is 0 Å². The normalized spacial score (nSPS) is 8.33. The van der Waals surface area contributed by atoms with Crippen LogP contribution in [0.3, 0.4) is 0 Å². The SMILES string of the molecule is CC[P+](=S)CC. The third-order valence-electron chi connectivity index (χ3n) is 0.705. The second-order valence-electron chi connectivity index (χ2n) is 1.11. The zero-order valence-electron chi connectivity index (χ0n) is 4.27. The molecule has 36 valence electrons. The largest absolute Gasteiger partial charge is 0.174 e. The Morgan fingerprint density at radius 2 is 1.67 bits per heavy atom. The minimum Gasteiger partial charge on any atom is -0.0232 e. The van der Waals surface area contributed by atoms with Crippen LogP contribution < -0.4 is 0 Å². The van der Waals surface area contributed by atoms with Gasteiger partial charge in [-0.15, -0.1) is 0 Å². The van der Waals surface area contributed by atoms with Gasteiger partial charge in [0, 0.05) is 0 Å². The van der Waals surface area contributed by atoms with E-state index in [-0.39, 0.29) is 6.70 Å². The molecule has 0 nitrogen and oxygen atoms in total. The fourth-order valence-corrected chi connectivity index (χ4v) is 0.671. The van der Waals surface area contributed by atoms with Crippen molar-refractivity contribution in [3.8, 4) is 0 Å². The summed E-state index contributed by atoms with van der Waals surface area (Å²) >= 11 is 5.00. The zero-order chi connectivity index (χ0) is 4.99. The lowest BCUT2D eigenvalue weighted by molar-refractivity contribution is 1.44. The molecule has 0 amide bonds. The molecule has 0 aromatic carbocycles. The zero-order valence-corrected chi connectivity index (χ0v) is 5.98. The van der Waals surface area contributed by atoms with Crippen LogP contribution in [0.4, 0.5) is 0 Å². The van der Waals surface area contributed by atoms with E-state index < -0.39 is 0 Å². The monoisotopic (exact) mass is 121 g/mol. The molecule has 0 aromatic rings. The van der Waals surface area contributed by atoms with Crippen LogP contribution in [0.2, 0.25) is 0 Å². The van der Waals surface area contributed by atoms with Gasteiger partial charge in [0.25, 0.3) is 0 Å². The maximum atomic E-state index is 5.00. The Hall–Kier alpha value is 0.520. The highest BCUT2D eigenvalue weighted by molar-refractivity contribution is 8.05. The molecular formula is C4H10PS+. The summed E-state index contributed by atoms with van der Waals surface area (Å²) in [4.78, 5) is 0. The molecule has 6 heavy (non-hydrogen) atoms. The van der Waals surface area contributed by atoms with Crippen LogP contribution in [-0.2, 0) is 11.8 Å². The summed E-state index contributed by atoms with van der Waals surface area (Å²) in [5.41, 5.74) is 0. The number of hydrogen-bond acceptors (Lipinski definition) is 1. The number of hydrogen-bond donors (Lipinski definition) is 0. The predicted molar refractivity (Wildman–Crippen MR) is 35.4 cm³/mol. The summed E-state index contributed by atoms with van der Waals surface area (Å²) in [7, 11) is 0. The summed E-state index contributed by atoms with van der Waals surface area (Å²) in [6.07, 6.45) is 2.42. The van der Waals surface area contributed by atoms with Crippen molar-refractivity contribution in [1.29, 1.82) is 0 Å². The smallest absolute Gasteiger partial charge is 0.0232 e. The average molecular weight is 121 g/mol. The Kier molecular flexibility index (Phi) is 4.02. The predicted octanol–water partition coefficient (Wildman–Crippen LogP) is 1.97. The van der Waals surface area contributed by atoms with Crippen LogP contribution in [0.1, 0.15) is 13.8 Å². The van der Waals surface area contributed by atoms with E-state index in [2.05, 4.69) is 13.8 Å². The maximum absolute atomic E-state index is 5.00. The van der Waals surface area contributed by atoms with Gasteiger partial charge < -0.3 is 0 Å². The van der Waals surface area contributed by atoms with Crippen molar-refractivity contribution in [3.63, 3.8) is 0 Å². The van der Waals surface area contributed by atoms with Crippen LogP contribution >= 0.6 is 6.70 Å². The van der Waals surface area contributed by atoms with Crippen LogP contribution in [0, 0.1) is 0 Å². The van der Waals surface area contributed by atoms with E-state index in [1.165, 1.54) is 12.3 Å². The summed E-state index contributed by atoms with van der Waals surface area (Å²) in [5.74, 6) is 0. The van der Waals surface area contributed by atoms with E-state index in [0.29, 0.717) is 0 Å². The Balaban J connectivity index is 2.99. The fraction of sp³-hybridized carbons (Fsp3) is 1.00. The van der Waals surface area contributed by atoms with Crippen molar-refractivity contribution in [1.82, 2.24) is 0 Å². The molecule has 0 atom stereocenters. The summed E-state index contributed by atoms with van der Waals surface area (Å²) in [6.45, 7) is 4.32. The van der Waals surface area contributed by atoms with Gasteiger partial charge in [-0.3, -0.25) is 0 Å². The molecule has 0 saturated carbocycles. The van der Waals surface area contributed by atoms with Crippen LogP contribution in [0.25, 0.3) is 0 Å². The first-order valence-corrected chi connectivity index (χ1v) is 4.95. The average Bonchev–Trinajstić information content (AvgIpc) is 1.65. The molecule has 0 aliphatic heterocycles. The van der Waals surface area contributed by atoms with E-state index in [1.807, 2.05) is 0 Å². The Morgan fingerprint density at radius 3 is 1.67 bits per heavy atom. The second-order valence-corrected chi connectivity index (χ2v) is 4.89. The van der Waals surface area contributed by atoms with Crippen molar-refractivity contribution in [2.75, 3.05) is 12.3 Å². The molecule has 0 N–H and O–H groups in total. The molecule has 0 fully saturated rings. The highest BCUT2D eigenvalue weighted by Gasteiger charge is 1.96. The minimum absolute atomic E-state index is 0.00720. The highest BCUT2D eigenvalue weighted by Crippen LogP contribution is 2.16. The van der Waals surface area contributed by atoms with Crippen molar-refractivity contribution in [3.05, 3.63) is 0 Å². The molecule has 2 heteroatoms. The first kappa shape index (κ1) is 6.52. The quantitative estimate of drug-likeness (QED) is 0.503. The molecule has 0 rings (SSSR count). The third-order valence-corrected chi connectivity index (χ3v) is 3.67. The van der Waals surface area contributed by atoms with Crippen molar-refractivity contribution in [2.45, 2.75) is 13.8 Å². The van der Waals surface area contributed by atoms with Gasteiger partial charge in [0.05, 0.1) is 0 Å². The molecule has 0 spiro atoms. The Labute approximate surface area is 45.4 Å². The van der Waals surface area contributed by atoms with Crippen molar-refractivity contribution < 1.29 is 0 Å². The van der Waals surface area contributed by atoms with Gasteiger partial charge in [0.2, 0.25) is 0 Å². The summed E-state index contributed by atoms with van der Waals surface area (Å²) in [6, 6.07) is 0. The minimum atomic E-state index is 0.00720. The molecule has 0 bridgehead atoms. The van der Waals surface area contributed by atoms with Crippen molar-refractivity contribution >= 4 is 18.5 Å². The number of rotatable bonds is 2. The van der Waals surface area contributed by atoms with Gasteiger partial charge >= 0.3 is 0 Å². The van der Waals surface area contributed by atoms with Gasteiger partial charge in [-0.25, -0.2) is 0 Å². The van der Waals surface area contributed by atoms with Gasteiger partial charge in [-0.1, -0.05) is 0 Å². The van der Waals surface area contributed by atoms with Gasteiger partial charge in [-0.05, 0) is 13.8 Å². The van der Waals surface area contributed by atoms with Gasteiger partial charge in [0.1, 0.15) is 12.3 Å². The van der Waals surface area contributed by atoms with Crippen LogP contribution in [0.5, 0.6) is 0 Å². The lowest BCUT2D eigenvalue weighted by Crippen LogP contribution is -1.66. The first-order valence-electron chi connectivity index (χ1n) is 2.23. The van der Waals surface area contributed by atoms with E-state index in [9.17, 15) is 0 Å². The van der Waals surface area contributed by atoms with Gasteiger partial charge in [-0.2, -0.15) is 0 Å². The molecule has 0 unspecified atom stereocenters. The molecule has 0 aromatic heterocycles. The molecular weight excluding hydrogens is 111 g/mol. The topological polar surface area (TPSA) is 0 Å². The molecule has 0 saturated heterocycles. The Morgan fingerprint density at radius 1 is 1.33 bits per heavy atom. The first-order chi connectivity index (χ1) is 2.81. The van der Waals surface area contributed by atoms with E-state index in [0.717, 1.165) is 0 Å². The second kappa shape index (κ2) is 3.70. The lowest BCUT2D eigenvalue weighted by Gasteiger charge is -1.71. The van der Waals surface area contributed by atoms with Gasteiger partial charge in [0.15, 0.2) is 18.5 Å². The maximum Gasteiger partial charge on any atom is 0.174 e. The summed E-state index contributed by atoms with van der Waals surface area (Å²) in [5, 5.41) is 0.